The number of nitrogens with zero attached hydrogens (tertiary/aromatic N) is 2. The predicted octanol–water partition coefficient (Wildman–Crippen LogP) is 2.28. The molecule has 0 aliphatic heterocycles. The maximum Gasteiger partial charge on any atom is 0.416 e. The van der Waals surface area contributed by atoms with Crippen molar-refractivity contribution in [2.45, 2.75) is 6.18 Å². The first-order valence-corrected chi connectivity index (χ1v) is 7.63. The van der Waals surface area contributed by atoms with Crippen molar-refractivity contribution in [3.63, 3.8) is 0 Å². The van der Waals surface area contributed by atoms with E-state index in [1.54, 1.807) is 7.11 Å². The highest BCUT2D eigenvalue weighted by Crippen LogP contribution is 2.30. The van der Waals surface area contributed by atoms with Crippen LogP contribution in [-0.2, 0) is 10.9 Å². The number of rotatable bonds is 8. The van der Waals surface area contributed by atoms with E-state index in [4.69, 9.17) is 4.74 Å². The summed E-state index contributed by atoms with van der Waals surface area (Å²) in [6.07, 6.45) is -2.99. The zero-order valence-electron chi connectivity index (χ0n) is 14.0. The molecule has 0 fully saturated rings. The van der Waals surface area contributed by atoms with E-state index in [0.29, 0.717) is 26.2 Å². The summed E-state index contributed by atoms with van der Waals surface area (Å²) in [5.41, 5.74) is -0.405. The summed E-state index contributed by atoms with van der Waals surface area (Å²) in [5.74, 6) is -0.390. The molecule has 0 unspecified atom stereocenters. The van der Waals surface area contributed by atoms with E-state index in [0.717, 1.165) is 12.1 Å². The van der Waals surface area contributed by atoms with E-state index in [1.807, 2.05) is 0 Å². The molecular weight excluding hydrogens is 373 g/mol. The molecule has 2 aromatic rings. The quantitative estimate of drug-likeness (QED) is 0.676. The summed E-state index contributed by atoms with van der Waals surface area (Å²) >= 11 is 0. The van der Waals surface area contributed by atoms with Crippen LogP contribution in [0.3, 0.4) is 0 Å². The molecule has 0 bridgehead atoms. The van der Waals surface area contributed by atoms with Gasteiger partial charge in [-0.15, -0.1) is 12.4 Å². The number of carbonyl (C=O) groups is 1. The molecule has 1 amide bonds. The fourth-order valence-corrected chi connectivity index (χ4v) is 2.07. The number of carbonyl (C=O) groups excluding carboxylic acids is 1. The third kappa shape index (κ3) is 6.32. The zero-order chi connectivity index (χ0) is 18.3. The number of ether oxygens (including phenoxy) is 1. The Bertz CT molecular complexity index is 707. The molecule has 2 N–H and O–H groups in total. The lowest BCUT2D eigenvalue weighted by Gasteiger charge is -2.08. The summed E-state index contributed by atoms with van der Waals surface area (Å²) in [6.45, 7) is 2.23. The molecule has 0 radical (unpaired) electrons. The van der Waals surface area contributed by atoms with Crippen LogP contribution in [0.25, 0.3) is 5.69 Å². The normalized spacial score (nSPS) is 11.1. The molecule has 0 saturated heterocycles. The standard InChI is InChI=1S/C16H19F3N4O2.ClH/c1-25-10-8-20-6-7-21-15(24)14-5-9-23(22-14)13-4-2-3-12(11-13)16(17,18)19;/h2-5,9,11,20H,6-8,10H2,1H3,(H,21,24);1H. The van der Waals surface area contributed by atoms with Crippen LogP contribution >= 0.6 is 12.4 Å². The van der Waals surface area contributed by atoms with Crippen molar-refractivity contribution in [2.24, 2.45) is 0 Å². The van der Waals surface area contributed by atoms with E-state index in [-0.39, 0.29) is 29.7 Å². The van der Waals surface area contributed by atoms with Crippen LogP contribution in [-0.4, -0.2) is 49.0 Å². The van der Waals surface area contributed by atoms with Crippen molar-refractivity contribution in [3.8, 4) is 5.69 Å². The second-order valence-electron chi connectivity index (χ2n) is 5.19. The number of nitrogens with one attached hydrogen (secondary N) is 2. The van der Waals surface area contributed by atoms with Crippen molar-refractivity contribution >= 4 is 18.3 Å². The lowest BCUT2D eigenvalue weighted by molar-refractivity contribution is -0.137. The summed E-state index contributed by atoms with van der Waals surface area (Å²) in [4.78, 5) is 12.0. The highest BCUT2D eigenvalue weighted by atomic mass is 35.5. The molecule has 0 spiro atoms. The Morgan fingerprint density at radius 1 is 1.23 bits per heavy atom. The van der Waals surface area contributed by atoms with Gasteiger partial charge < -0.3 is 15.4 Å². The Balaban J connectivity index is 0.00000338. The fraction of sp³-hybridized carbons (Fsp3) is 0.375. The minimum Gasteiger partial charge on any atom is -0.383 e. The van der Waals surface area contributed by atoms with Crippen molar-refractivity contribution in [1.29, 1.82) is 0 Å². The Morgan fingerprint density at radius 2 is 2.00 bits per heavy atom. The Labute approximate surface area is 155 Å². The molecule has 144 valence electrons. The number of methoxy groups -OCH3 is 1. The van der Waals surface area contributed by atoms with E-state index in [9.17, 15) is 18.0 Å². The van der Waals surface area contributed by atoms with Crippen molar-refractivity contribution < 1.29 is 22.7 Å². The molecule has 0 aliphatic carbocycles. The van der Waals surface area contributed by atoms with Gasteiger partial charge in [-0.05, 0) is 24.3 Å². The number of hydrogen-bond donors (Lipinski definition) is 2. The molecule has 1 aromatic heterocycles. The van der Waals surface area contributed by atoms with E-state index < -0.39 is 11.7 Å². The molecule has 0 aliphatic rings. The lowest BCUT2D eigenvalue weighted by Crippen LogP contribution is -2.33. The third-order valence-corrected chi connectivity index (χ3v) is 3.33. The summed E-state index contributed by atoms with van der Waals surface area (Å²) in [6, 6.07) is 6.20. The van der Waals surface area contributed by atoms with Crippen molar-refractivity contribution in [2.75, 3.05) is 33.4 Å². The molecular formula is C16H20ClF3N4O2. The van der Waals surface area contributed by atoms with Gasteiger partial charge in [0.2, 0.25) is 0 Å². The fourth-order valence-electron chi connectivity index (χ4n) is 2.07. The summed E-state index contributed by atoms with van der Waals surface area (Å²) < 4.78 is 44.4. The van der Waals surface area contributed by atoms with Gasteiger partial charge in [0.15, 0.2) is 5.69 Å². The molecule has 6 nitrogen and oxygen atoms in total. The molecule has 0 saturated carbocycles. The highest BCUT2D eigenvalue weighted by Gasteiger charge is 2.30. The number of halogens is 4. The zero-order valence-corrected chi connectivity index (χ0v) is 14.9. The largest absolute Gasteiger partial charge is 0.416 e. The number of benzene rings is 1. The summed E-state index contributed by atoms with van der Waals surface area (Å²) in [7, 11) is 1.60. The van der Waals surface area contributed by atoms with Crippen molar-refractivity contribution in [1.82, 2.24) is 20.4 Å². The van der Waals surface area contributed by atoms with Gasteiger partial charge in [0.05, 0.1) is 17.9 Å². The van der Waals surface area contributed by atoms with Gasteiger partial charge in [-0.1, -0.05) is 6.07 Å². The van der Waals surface area contributed by atoms with Crippen LogP contribution in [0, 0.1) is 0 Å². The SMILES string of the molecule is COCCNCCNC(=O)c1ccn(-c2cccc(C(F)(F)F)c2)n1.Cl. The first-order chi connectivity index (χ1) is 11.9. The van der Waals surface area contributed by atoms with Crippen molar-refractivity contribution in [3.05, 3.63) is 47.8 Å². The minimum atomic E-state index is -4.43. The van der Waals surface area contributed by atoms with Gasteiger partial charge >= 0.3 is 6.18 Å². The van der Waals surface area contributed by atoms with Crippen LogP contribution < -0.4 is 10.6 Å². The number of hydrogen-bond acceptors (Lipinski definition) is 4. The number of aromatic nitrogens is 2. The van der Waals surface area contributed by atoms with Gasteiger partial charge in [-0.25, -0.2) is 4.68 Å². The average Bonchev–Trinajstić information content (AvgIpc) is 3.07. The predicted molar refractivity (Wildman–Crippen MR) is 92.9 cm³/mol. The summed E-state index contributed by atoms with van der Waals surface area (Å²) in [5, 5.41) is 9.78. The Kier molecular flexibility index (Phi) is 8.56. The first-order valence-electron chi connectivity index (χ1n) is 7.63. The average molecular weight is 393 g/mol. The molecule has 1 heterocycles. The van der Waals surface area contributed by atoms with Crippen LogP contribution in [0.5, 0.6) is 0 Å². The maximum atomic E-state index is 12.8. The van der Waals surface area contributed by atoms with Crippen LogP contribution in [0.2, 0.25) is 0 Å². The van der Waals surface area contributed by atoms with Gasteiger partial charge in [0.1, 0.15) is 0 Å². The van der Waals surface area contributed by atoms with Gasteiger partial charge in [0.25, 0.3) is 5.91 Å². The lowest BCUT2D eigenvalue weighted by atomic mass is 10.2. The van der Waals surface area contributed by atoms with Gasteiger partial charge in [-0.2, -0.15) is 18.3 Å². The first kappa shape index (κ1) is 21.9. The molecule has 0 atom stereocenters. The third-order valence-electron chi connectivity index (χ3n) is 3.33. The number of alkyl halides is 3. The second kappa shape index (κ2) is 10.1. The Hall–Kier alpha value is -2.10. The van der Waals surface area contributed by atoms with Crippen LogP contribution in [0.1, 0.15) is 16.1 Å². The minimum absolute atomic E-state index is 0. The second-order valence-corrected chi connectivity index (χ2v) is 5.19. The molecule has 10 heteroatoms. The van der Waals surface area contributed by atoms with Gasteiger partial charge in [0, 0.05) is 32.9 Å². The van der Waals surface area contributed by atoms with Crippen LogP contribution in [0.4, 0.5) is 13.2 Å². The molecule has 2 rings (SSSR count). The van der Waals surface area contributed by atoms with Crippen LogP contribution in [0.15, 0.2) is 36.5 Å². The molecule has 1 aromatic carbocycles. The smallest absolute Gasteiger partial charge is 0.383 e. The van der Waals surface area contributed by atoms with Gasteiger partial charge in [-0.3, -0.25) is 4.79 Å². The Morgan fingerprint density at radius 3 is 2.69 bits per heavy atom. The van der Waals surface area contributed by atoms with E-state index in [1.165, 1.54) is 29.1 Å². The monoisotopic (exact) mass is 392 g/mol. The van der Waals surface area contributed by atoms with E-state index in [2.05, 4.69) is 15.7 Å². The topological polar surface area (TPSA) is 68.2 Å². The number of amides is 1. The molecule has 26 heavy (non-hydrogen) atoms. The van der Waals surface area contributed by atoms with E-state index >= 15 is 0 Å². The maximum absolute atomic E-state index is 12.8. The highest BCUT2D eigenvalue weighted by molar-refractivity contribution is 5.92.